The molecule has 0 aliphatic heterocycles. The molecule has 11 rings (SSSR count). The molecular weight excluding hydrogens is 1130 g/mol. The van der Waals surface area contributed by atoms with Gasteiger partial charge in [-0.15, -0.1) is 29.3 Å². The molecule has 0 aliphatic rings. The Bertz CT molecular complexity index is 4050. The van der Waals surface area contributed by atoms with Gasteiger partial charge >= 0.3 is 0 Å². The molecule has 0 saturated heterocycles. The van der Waals surface area contributed by atoms with Crippen LogP contribution in [0.15, 0.2) is 176 Å². The van der Waals surface area contributed by atoms with Crippen LogP contribution < -0.4 is 0 Å². The second kappa shape index (κ2) is 19.6. The minimum Gasteiger partial charge on any atom is -0.507 e. The number of phenolic OH excluding ortho intramolecular Hbond substituents is 1. The molecule has 3 heterocycles. The third kappa shape index (κ3) is 9.87. The van der Waals surface area contributed by atoms with Crippen molar-refractivity contribution in [3.8, 4) is 73.2 Å². The van der Waals surface area contributed by atoms with Crippen LogP contribution >= 0.6 is 0 Å². The van der Waals surface area contributed by atoms with Gasteiger partial charge in [-0.2, -0.15) is 0 Å². The fourth-order valence-corrected chi connectivity index (χ4v) is 10.6. The average Bonchev–Trinajstić information content (AvgIpc) is 3.95. The van der Waals surface area contributed by atoms with E-state index in [4.69, 9.17) is 9.97 Å². The first-order chi connectivity index (χ1) is 36.0. The van der Waals surface area contributed by atoms with Crippen molar-refractivity contribution in [3.05, 3.63) is 210 Å². The summed E-state index contributed by atoms with van der Waals surface area (Å²) in [5.41, 5.74) is 17.9. The van der Waals surface area contributed by atoms with E-state index >= 15 is 4.39 Å². The number of nitrogens with zero attached hydrogens (tertiary/aromatic N) is 4. The molecule has 77 heavy (non-hydrogen) atoms. The van der Waals surface area contributed by atoms with Crippen molar-refractivity contribution in [2.75, 3.05) is 0 Å². The number of aromatic hydroxyl groups is 1. The Hall–Kier alpha value is -7.40. The Morgan fingerprint density at radius 1 is 0.468 bits per heavy atom. The zero-order valence-corrected chi connectivity index (χ0v) is 48.4. The SMILES string of the molecule is CC(C)(C)c1cc(-c2cc(-c3cc(C(C)(C)C)cc4c5cc(C(C)(C)C)ccc5n(-c5ccccc5)c34)ccn2)[c-]c(-c2cccc3c2nc(-c2cc(F)ccc2O)n3-c2ccc(C(C)(C)C)cc2-c2ccccc2)c1.[Pt]. The Kier molecular flexibility index (Phi) is 13.5. The monoisotopic (exact) mass is 1190 g/mol. The number of fused-ring (bicyclic) bond motifs is 4. The van der Waals surface area contributed by atoms with Crippen molar-refractivity contribution in [1.82, 2.24) is 19.1 Å². The van der Waals surface area contributed by atoms with Gasteiger partial charge in [0.1, 0.15) is 17.4 Å². The molecule has 0 atom stereocenters. The van der Waals surface area contributed by atoms with Crippen LogP contribution in [-0.4, -0.2) is 24.2 Å². The van der Waals surface area contributed by atoms with Crippen LogP contribution in [0, 0.1) is 11.9 Å². The standard InChI is InChI=1S/C70H66FN4O.Pt/c1-67(2,3)47-26-29-60(54(38-47)43-20-15-13-16-21-43)75-62-25-19-24-53(64(62)73-66(75)58-42-51(71)28-31-63(58)76)45-34-46(36-49(35-45)69(7,8)9)59-37-44(32-33-72-59)55-40-50(70(10,11)12)41-57-56-39-48(68(4,5)6)27-30-61(56)74(65(55)57)52-22-17-14-18-23-52;/h13-33,35-42,76H,1-12H3;/q-1;. The molecule has 3 aromatic heterocycles. The number of hydrogen-bond acceptors (Lipinski definition) is 3. The molecule has 0 fully saturated rings. The molecule has 0 unspecified atom stereocenters. The number of para-hydroxylation sites is 2. The quantitative estimate of drug-likeness (QED) is 0.162. The summed E-state index contributed by atoms with van der Waals surface area (Å²) in [6.45, 7) is 27.1. The molecular formula is C70H66FN4OPt-. The third-order valence-corrected chi connectivity index (χ3v) is 15.1. The zero-order chi connectivity index (χ0) is 53.6. The average molecular weight is 1190 g/mol. The number of benzene rings is 8. The van der Waals surface area contributed by atoms with E-state index in [1.165, 1.54) is 45.7 Å². The van der Waals surface area contributed by atoms with Crippen molar-refractivity contribution >= 4 is 32.8 Å². The van der Waals surface area contributed by atoms with Crippen LogP contribution in [0.5, 0.6) is 5.75 Å². The smallest absolute Gasteiger partial charge is 0.148 e. The third-order valence-electron chi connectivity index (χ3n) is 15.1. The van der Waals surface area contributed by atoms with Crippen molar-refractivity contribution in [3.63, 3.8) is 0 Å². The van der Waals surface area contributed by atoms with Gasteiger partial charge < -0.3 is 9.67 Å². The summed E-state index contributed by atoms with van der Waals surface area (Å²) >= 11 is 0. The van der Waals surface area contributed by atoms with Gasteiger partial charge in [-0.3, -0.25) is 9.55 Å². The van der Waals surface area contributed by atoms with Crippen molar-refractivity contribution in [1.29, 1.82) is 0 Å². The summed E-state index contributed by atoms with van der Waals surface area (Å²) in [5.74, 6) is -0.107. The number of aromatic nitrogens is 4. The second-order valence-electron chi connectivity index (χ2n) is 24.7. The van der Waals surface area contributed by atoms with Gasteiger partial charge in [-0.25, -0.2) is 9.37 Å². The molecule has 0 spiro atoms. The molecule has 0 bridgehead atoms. The van der Waals surface area contributed by atoms with Gasteiger partial charge in [0.2, 0.25) is 0 Å². The summed E-state index contributed by atoms with van der Waals surface area (Å²) in [6, 6.07) is 62.3. The first-order valence-corrected chi connectivity index (χ1v) is 26.5. The molecule has 0 saturated carbocycles. The van der Waals surface area contributed by atoms with Crippen LogP contribution in [0.2, 0.25) is 0 Å². The summed E-state index contributed by atoms with van der Waals surface area (Å²) < 4.78 is 19.9. The molecule has 1 N–H and O–H groups in total. The number of hydrogen-bond donors (Lipinski definition) is 1. The van der Waals surface area contributed by atoms with Gasteiger partial charge in [0, 0.05) is 60.5 Å². The predicted octanol–water partition coefficient (Wildman–Crippen LogP) is 18.7. The summed E-state index contributed by atoms with van der Waals surface area (Å²) in [7, 11) is 0. The maximum atomic E-state index is 15.4. The van der Waals surface area contributed by atoms with Gasteiger partial charge in [0.25, 0.3) is 0 Å². The Morgan fingerprint density at radius 3 is 1.77 bits per heavy atom. The molecule has 5 nitrogen and oxygen atoms in total. The van der Waals surface area contributed by atoms with E-state index in [0.29, 0.717) is 16.9 Å². The zero-order valence-electron chi connectivity index (χ0n) is 46.2. The van der Waals surface area contributed by atoms with E-state index in [0.717, 1.165) is 78.1 Å². The van der Waals surface area contributed by atoms with Crippen molar-refractivity contribution in [2.24, 2.45) is 0 Å². The number of rotatable bonds is 7. The van der Waals surface area contributed by atoms with Gasteiger partial charge in [0.15, 0.2) is 0 Å². The van der Waals surface area contributed by atoms with E-state index in [2.05, 4.69) is 232 Å². The summed E-state index contributed by atoms with van der Waals surface area (Å²) in [6.07, 6.45) is 1.93. The molecule has 0 amide bonds. The number of imidazole rings is 1. The Balaban J connectivity index is 0.00000672. The normalized spacial score (nSPS) is 12.4. The van der Waals surface area contributed by atoms with E-state index in [1.807, 2.05) is 24.4 Å². The van der Waals surface area contributed by atoms with Crippen LogP contribution in [0.25, 0.3) is 100 Å². The fourth-order valence-electron chi connectivity index (χ4n) is 10.6. The molecule has 8 aromatic carbocycles. The predicted molar refractivity (Wildman–Crippen MR) is 316 cm³/mol. The summed E-state index contributed by atoms with van der Waals surface area (Å²) in [4.78, 5) is 10.5. The molecule has 11 aromatic rings. The molecule has 7 heteroatoms. The minimum absolute atomic E-state index is 0. The number of phenols is 1. The van der Waals surface area contributed by atoms with Crippen LogP contribution in [0.4, 0.5) is 4.39 Å². The molecule has 0 aliphatic carbocycles. The second-order valence-corrected chi connectivity index (χ2v) is 24.7. The molecule has 0 radical (unpaired) electrons. The van der Waals surface area contributed by atoms with E-state index in [1.54, 1.807) is 0 Å². The van der Waals surface area contributed by atoms with E-state index < -0.39 is 5.82 Å². The first kappa shape index (κ1) is 53.0. The Morgan fingerprint density at radius 2 is 1.08 bits per heavy atom. The maximum absolute atomic E-state index is 15.4. The van der Waals surface area contributed by atoms with Crippen LogP contribution in [0.1, 0.15) is 105 Å². The maximum Gasteiger partial charge on any atom is 0.148 e. The van der Waals surface area contributed by atoms with E-state index in [9.17, 15) is 5.11 Å². The van der Waals surface area contributed by atoms with Crippen molar-refractivity contribution in [2.45, 2.75) is 105 Å². The molecule has 390 valence electrons. The van der Waals surface area contributed by atoms with Crippen molar-refractivity contribution < 1.29 is 30.6 Å². The minimum atomic E-state index is -0.467. The van der Waals surface area contributed by atoms with Crippen LogP contribution in [-0.2, 0) is 42.7 Å². The topological polar surface area (TPSA) is 55.9 Å². The Labute approximate surface area is 467 Å². The number of halogens is 1. The van der Waals surface area contributed by atoms with E-state index in [-0.39, 0.29) is 48.5 Å². The summed E-state index contributed by atoms with van der Waals surface area (Å²) in [5, 5.41) is 14.0. The fraction of sp³-hybridized carbons (Fsp3) is 0.229. The van der Waals surface area contributed by atoms with Gasteiger partial charge in [-0.05, 0) is 128 Å². The largest absolute Gasteiger partial charge is 0.507 e. The van der Waals surface area contributed by atoms with Crippen LogP contribution in [0.3, 0.4) is 0 Å². The van der Waals surface area contributed by atoms with Gasteiger partial charge in [0.05, 0.1) is 33.3 Å². The van der Waals surface area contributed by atoms with Gasteiger partial charge in [-0.1, -0.05) is 173 Å². The first-order valence-electron chi connectivity index (χ1n) is 26.5. The number of pyridine rings is 1.